The standard InChI is InChI=1S/C13H15N3OS/c14-7-10-1-2-12(18-10)13(17)15-11-8-16-5-3-9(11)4-6-16/h1-2,9,11H,3-6,8H2,(H,15,17). The van der Waals surface area contributed by atoms with Gasteiger partial charge in [-0.25, -0.2) is 0 Å². The van der Waals surface area contributed by atoms with Gasteiger partial charge in [-0.1, -0.05) is 0 Å². The molecule has 4 nitrogen and oxygen atoms in total. The normalized spacial score (nSPS) is 29.8. The summed E-state index contributed by atoms with van der Waals surface area (Å²) in [5.41, 5.74) is 0. The average molecular weight is 261 g/mol. The Hall–Kier alpha value is -1.38. The van der Waals surface area contributed by atoms with Gasteiger partial charge in [-0.05, 0) is 44.0 Å². The van der Waals surface area contributed by atoms with Crippen molar-refractivity contribution in [2.45, 2.75) is 18.9 Å². The van der Waals surface area contributed by atoms with Crippen LogP contribution in [0.15, 0.2) is 12.1 Å². The highest BCUT2D eigenvalue weighted by molar-refractivity contribution is 7.14. The van der Waals surface area contributed by atoms with E-state index in [1.807, 2.05) is 0 Å². The lowest BCUT2D eigenvalue weighted by Gasteiger charge is -2.44. The van der Waals surface area contributed by atoms with Crippen molar-refractivity contribution in [2.24, 2.45) is 5.92 Å². The average Bonchev–Trinajstić information content (AvgIpc) is 2.89. The Bertz CT molecular complexity index is 497. The predicted octanol–water partition coefficient (Wildman–Crippen LogP) is 1.44. The molecule has 1 amide bonds. The fraction of sp³-hybridized carbons (Fsp3) is 0.538. The number of hydrogen-bond donors (Lipinski definition) is 1. The molecule has 1 unspecified atom stereocenters. The van der Waals surface area contributed by atoms with Crippen molar-refractivity contribution < 1.29 is 4.79 Å². The number of carbonyl (C=O) groups excluding carboxylic acids is 1. The molecule has 1 atom stereocenters. The van der Waals surface area contributed by atoms with Gasteiger partial charge in [0, 0.05) is 12.6 Å². The number of nitrogens with zero attached hydrogens (tertiary/aromatic N) is 2. The number of amides is 1. The molecule has 0 spiro atoms. The number of rotatable bonds is 2. The number of carbonyl (C=O) groups is 1. The van der Waals surface area contributed by atoms with Crippen LogP contribution in [0.1, 0.15) is 27.4 Å². The van der Waals surface area contributed by atoms with Crippen LogP contribution in [0.4, 0.5) is 0 Å². The van der Waals surface area contributed by atoms with Crippen molar-refractivity contribution in [1.29, 1.82) is 5.26 Å². The van der Waals surface area contributed by atoms with Crippen molar-refractivity contribution in [3.05, 3.63) is 21.9 Å². The highest BCUT2D eigenvalue weighted by Crippen LogP contribution is 2.28. The molecule has 3 aliphatic heterocycles. The first kappa shape index (κ1) is 11.7. The second-order valence-electron chi connectivity index (χ2n) is 4.99. The molecular weight excluding hydrogens is 246 g/mol. The van der Waals surface area contributed by atoms with Crippen LogP contribution in [0, 0.1) is 17.2 Å². The van der Waals surface area contributed by atoms with Crippen molar-refractivity contribution in [3.8, 4) is 6.07 Å². The van der Waals surface area contributed by atoms with Crippen LogP contribution >= 0.6 is 11.3 Å². The topological polar surface area (TPSA) is 56.1 Å². The molecule has 4 rings (SSSR count). The Morgan fingerprint density at radius 3 is 2.78 bits per heavy atom. The number of piperidine rings is 3. The van der Waals surface area contributed by atoms with Crippen LogP contribution < -0.4 is 5.32 Å². The molecule has 18 heavy (non-hydrogen) atoms. The molecule has 3 fully saturated rings. The number of hydrogen-bond acceptors (Lipinski definition) is 4. The van der Waals surface area contributed by atoms with E-state index >= 15 is 0 Å². The number of fused-ring (bicyclic) bond motifs is 3. The second kappa shape index (κ2) is 4.71. The zero-order valence-electron chi connectivity index (χ0n) is 10.1. The maximum absolute atomic E-state index is 12.1. The molecule has 3 saturated heterocycles. The van der Waals surface area contributed by atoms with E-state index in [0.717, 1.165) is 6.54 Å². The molecule has 1 N–H and O–H groups in total. The molecule has 0 saturated carbocycles. The molecule has 0 aliphatic carbocycles. The maximum atomic E-state index is 12.1. The van der Waals surface area contributed by atoms with Gasteiger partial charge in [0.15, 0.2) is 0 Å². The minimum atomic E-state index is -0.0275. The fourth-order valence-electron chi connectivity index (χ4n) is 2.89. The van der Waals surface area contributed by atoms with Crippen LogP contribution in [0.25, 0.3) is 0 Å². The number of nitrogens with one attached hydrogen (secondary N) is 1. The third-order valence-electron chi connectivity index (χ3n) is 3.91. The lowest BCUT2D eigenvalue weighted by Crippen LogP contribution is -2.57. The van der Waals surface area contributed by atoms with Gasteiger partial charge >= 0.3 is 0 Å². The Morgan fingerprint density at radius 1 is 1.44 bits per heavy atom. The van der Waals surface area contributed by atoms with Gasteiger partial charge in [0.05, 0.1) is 4.88 Å². The largest absolute Gasteiger partial charge is 0.347 e. The van der Waals surface area contributed by atoms with Crippen molar-refractivity contribution in [2.75, 3.05) is 19.6 Å². The van der Waals surface area contributed by atoms with E-state index in [1.165, 1.54) is 37.3 Å². The van der Waals surface area contributed by atoms with Gasteiger partial charge in [-0.3, -0.25) is 4.79 Å². The van der Waals surface area contributed by atoms with E-state index < -0.39 is 0 Å². The Morgan fingerprint density at radius 2 is 2.22 bits per heavy atom. The van der Waals surface area contributed by atoms with E-state index in [4.69, 9.17) is 5.26 Å². The van der Waals surface area contributed by atoms with E-state index in [9.17, 15) is 4.79 Å². The smallest absolute Gasteiger partial charge is 0.261 e. The van der Waals surface area contributed by atoms with Crippen LogP contribution in [0.2, 0.25) is 0 Å². The number of nitriles is 1. The number of thiophene rings is 1. The molecule has 94 valence electrons. The summed E-state index contributed by atoms with van der Waals surface area (Å²) in [5, 5.41) is 11.9. The molecule has 3 aliphatic rings. The summed E-state index contributed by atoms with van der Waals surface area (Å²) in [6.07, 6.45) is 2.39. The first-order chi connectivity index (χ1) is 8.76. The first-order valence-electron chi connectivity index (χ1n) is 6.29. The summed E-state index contributed by atoms with van der Waals surface area (Å²) in [6, 6.07) is 5.79. The summed E-state index contributed by atoms with van der Waals surface area (Å²) in [7, 11) is 0. The zero-order chi connectivity index (χ0) is 12.5. The third-order valence-corrected chi connectivity index (χ3v) is 4.90. The molecule has 2 bridgehead atoms. The Kier molecular flexibility index (Phi) is 3.06. The maximum Gasteiger partial charge on any atom is 0.261 e. The lowest BCUT2D eigenvalue weighted by atomic mass is 9.84. The first-order valence-corrected chi connectivity index (χ1v) is 7.11. The van der Waals surface area contributed by atoms with E-state index in [-0.39, 0.29) is 11.9 Å². The summed E-state index contributed by atoms with van der Waals surface area (Å²) in [4.78, 5) is 15.7. The fourth-order valence-corrected chi connectivity index (χ4v) is 3.59. The van der Waals surface area contributed by atoms with Gasteiger partial charge in [0.25, 0.3) is 5.91 Å². The van der Waals surface area contributed by atoms with Crippen LogP contribution in [-0.2, 0) is 0 Å². The Balaban J connectivity index is 1.66. The molecule has 5 heteroatoms. The Labute approximate surface area is 110 Å². The van der Waals surface area contributed by atoms with Gasteiger partial charge < -0.3 is 10.2 Å². The third kappa shape index (κ3) is 2.14. The van der Waals surface area contributed by atoms with E-state index in [1.54, 1.807) is 12.1 Å². The van der Waals surface area contributed by atoms with E-state index in [0.29, 0.717) is 15.7 Å². The van der Waals surface area contributed by atoms with E-state index in [2.05, 4.69) is 16.3 Å². The zero-order valence-corrected chi connectivity index (χ0v) is 10.9. The molecular formula is C13H15N3OS. The summed E-state index contributed by atoms with van der Waals surface area (Å²) >= 11 is 1.26. The summed E-state index contributed by atoms with van der Waals surface area (Å²) < 4.78 is 0. The molecule has 0 radical (unpaired) electrons. The quantitative estimate of drug-likeness (QED) is 0.876. The van der Waals surface area contributed by atoms with Crippen molar-refractivity contribution in [1.82, 2.24) is 10.2 Å². The lowest BCUT2D eigenvalue weighted by molar-refractivity contribution is 0.0622. The highest BCUT2D eigenvalue weighted by Gasteiger charge is 2.35. The van der Waals surface area contributed by atoms with Crippen molar-refractivity contribution in [3.63, 3.8) is 0 Å². The van der Waals surface area contributed by atoms with Crippen LogP contribution in [0.3, 0.4) is 0 Å². The summed E-state index contributed by atoms with van der Waals surface area (Å²) in [6.45, 7) is 3.33. The van der Waals surface area contributed by atoms with Gasteiger partial charge in [-0.15, -0.1) is 11.3 Å². The molecule has 0 aromatic carbocycles. The minimum Gasteiger partial charge on any atom is -0.347 e. The minimum absolute atomic E-state index is 0.0275. The summed E-state index contributed by atoms with van der Waals surface area (Å²) in [5.74, 6) is 0.606. The second-order valence-corrected chi connectivity index (χ2v) is 6.08. The van der Waals surface area contributed by atoms with Crippen LogP contribution in [0.5, 0.6) is 0 Å². The highest BCUT2D eigenvalue weighted by atomic mass is 32.1. The molecule has 1 aromatic heterocycles. The molecule has 4 heterocycles. The van der Waals surface area contributed by atoms with Gasteiger partial charge in [-0.2, -0.15) is 5.26 Å². The SMILES string of the molecule is N#Cc1ccc(C(=O)NC2CN3CCC2CC3)s1. The van der Waals surface area contributed by atoms with Crippen LogP contribution in [-0.4, -0.2) is 36.5 Å². The molecule has 1 aromatic rings. The van der Waals surface area contributed by atoms with Gasteiger partial charge in [0.1, 0.15) is 10.9 Å². The van der Waals surface area contributed by atoms with Crippen molar-refractivity contribution >= 4 is 17.2 Å². The van der Waals surface area contributed by atoms with Gasteiger partial charge in [0.2, 0.25) is 0 Å². The predicted molar refractivity (Wildman–Crippen MR) is 69.5 cm³/mol. The monoisotopic (exact) mass is 261 g/mol.